The number of allylic oxidation sites excluding steroid dienone is 2. The minimum atomic E-state index is -1.67. The Morgan fingerprint density at radius 3 is 1.19 bits per heavy atom. The Labute approximate surface area is 894 Å². The molecule has 0 fully saturated rings. The fourth-order valence-electron chi connectivity index (χ4n) is 12.0. The molecule has 0 spiro atoms. The van der Waals surface area contributed by atoms with Crippen LogP contribution < -0.4 is 166 Å². The number of phenolic OH excluding ortho intramolecular Hbond substituents is 2. The molecular weight excluding hydrogens is 1910 g/mol. The zero-order valence-electron chi connectivity index (χ0n) is 76.8. The number of methoxy groups -OCH3 is 5. The third-order valence-electron chi connectivity index (χ3n) is 16.9. The summed E-state index contributed by atoms with van der Waals surface area (Å²) in [5, 5.41) is 43.8. The first kappa shape index (κ1) is 129. The second-order valence-electron chi connectivity index (χ2n) is 29.6. The second kappa shape index (κ2) is 66.4. The molecule has 0 saturated heterocycles. The molecule has 0 bridgehead atoms. The van der Waals surface area contributed by atoms with Gasteiger partial charge in [-0.2, -0.15) is 0 Å². The van der Waals surface area contributed by atoms with Crippen molar-refractivity contribution in [2.45, 2.75) is 139 Å². The van der Waals surface area contributed by atoms with Gasteiger partial charge in [-0.3, -0.25) is 9.59 Å². The number of phenols is 2. The molecule has 5 heterocycles. The van der Waals surface area contributed by atoms with E-state index < -0.39 is 42.5 Å². The topological polar surface area (TPSA) is 266 Å². The zero-order valence-corrected chi connectivity index (χ0v) is 88.4. The Hall–Kier alpha value is -4.13. The van der Waals surface area contributed by atoms with Gasteiger partial charge in [0.15, 0.2) is 6.29 Å². The summed E-state index contributed by atoms with van der Waals surface area (Å²) in [5.41, 5.74) is 6.75. The van der Waals surface area contributed by atoms with Crippen LogP contribution in [0.25, 0.3) is 0 Å². The van der Waals surface area contributed by atoms with E-state index in [1.165, 1.54) is 122 Å². The number of rotatable bonds is 20. The minimum absolute atomic E-state index is 0. The molecule has 5 aliphatic heterocycles. The molecular formula is C90H109BCl6F8K2NaO20S. The summed E-state index contributed by atoms with van der Waals surface area (Å²) >= 11 is 21.0. The van der Waals surface area contributed by atoms with Crippen molar-refractivity contribution in [2.75, 3.05) is 81.1 Å². The van der Waals surface area contributed by atoms with Gasteiger partial charge in [0.1, 0.15) is 127 Å². The molecule has 0 aliphatic carbocycles. The van der Waals surface area contributed by atoms with Gasteiger partial charge in [0.05, 0.1) is 51.1 Å². The van der Waals surface area contributed by atoms with E-state index in [1.54, 1.807) is 52.7 Å². The van der Waals surface area contributed by atoms with Crippen molar-refractivity contribution in [3.05, 3.63) is 273 Å². The summed E-state index contributed by atoms with van der Waals surface area (Å²) in [6.45, 7) is 27.9. The number of aliphatic hydroxyl groups is 2. The van der Waals surface area contributed by atoms with Crippen LogP contribution in [-0.4, -0.2) is 160 Å². The van der Waals surface area contributed by atoms with Crippen LogP contribution in [0.4, 0.5) is 35.1 Å². The van der Waals surface area contributed by atoms with Gasteiger partial charge in [0.2, 0.25) is 14.2 Å². The molecule has 3 radical (unpaired) electrons. The number of carbonyl (C=O) groups excluding carboxylic acids is 2. The van der Waals surface area contributed by atoms with Gasteiger partial charge in [-0.1, -0.05) is 54.1 Å². The molecule has 5 atom stereocenters. The molecule has 13 rings (SSSR count). The standard InChI is InChI=1S/C12H14ClFO2.C12H15FO3.C12H13FO3.C11H13FO2.C10H11FO2.2C10H11FO.C6H5FO.C4H7Cl.C2H4Cl2O.CH2O3.B.Cl2OS.2K.Na.H2.2H/c1-12(7-15-2)5-8-3-10(14)4-9(6-13)11(8)16-12;2*1-12(7-15-2)5-8-3-10(13)4-9(6-14)11(8)16-12;1-11(7-13-2)6-8-5-9(12)3-4-10(8)14-11;1-10(6-12)5-7-4-8(11)2-3-9(7)13-10;1-8(2)7-12-10-5-3-9(11)4-6-10;1-7(2)5-8-6-9(11)3-4-10(8)12;7-5-1-3-6(8)4-2-5;1-4(2)3-5;1-5-2(3)4;2-1-4-3;;1-4(2)3;;;;;;/h3-4H,5-7H2,1-2H3;3-4,14H,5-7H2,1-2H3;3-4,6H,5,7H2,1-2H3;3-5H,6-7H2,1-2H3;2-4,12H,5-6H2,1H3;3-6H,1,7H2,2H3;3-4,6,12H,1,5H2,2H3;1-4,8H;1,3H2,2H3;2H,1H3;1,3H;;;;;;1H;;/q;;;;;;;;;;;;;3*+1;;2*-1/p-1/i;;;;;;;;;;;;;;;;1+1;;. The SMILES string of the molecule is C=C(C)CCl.C=C(C)COc1ccc(F)cc1.C=C(C)Cc1cc(F)ccc1O.CC1(CO)Cc2cc(F)ccc2O1.COC(Cl)Cl.COCC1(C)Cc2cc(F)cc(C=O)c2O1.COCC1(C)Cc2cc(F)cc(CCl)c2O1.COCC1(C)Cc2cc(F)cc(CO)c2O1.COCC1(C)Cc2cc(F)ccc2O1.O=CO[O-].O=S(Cl)Cl.Oc1ccc(F)cc1.[2HH].[B].[H-].[H-].[K+].[K+].[Na+]. The smallest absolute Gasteiger partial charge is 1.00 e. The fourth-order valence-corrected chi connectivity index (χ4v) is 12.2. The van der Waals surface area contributed by atoms with Crippen molar-refractivity contribution in [1.29, 1.82) is 0 Å². The number of aliphatic hydroxyl groups excluding tert-OH is 2. The van der Waals surface area contributed by atoms with Crippen LogP contribution in [-0.2, 0) is 93.6 Å². The summed E-state index contributed by atoms with van der Waals surface area (Å²) < 4.78 is 170. The molecule has 0 amide bonds. The van der Waals surface area contributed by atoms with Gasteiger partial charge >= 0.3 is 132 Å². The van der Waals surface area contributed by atoms with E-state index >= 15 is 0 Å². The Morgan fingerprint density at radius 1 is 0.512 bits per heavy atom. The van der Waals surface area contributed by atoms with Gasteiger partial charge in [0.25, 0.3) is 6.47 Å². The maximum atomic E-state index is 13.3. The van der Waals surface area contributed by atoms with Crippen molar-refractivity contribution in [1.82, 2.24) is 0 Å². The number of alkyl halides is 4. The van der Waals surface area contributed by atoms with Crippen LogP contribution in [0.15, 0.2) is 176 Å². The van der Waals surface area contributed by atoms with Crippen LogP contribution in [0.5, 0.6) is 46.0 Å². The van der Waals surface area contributed by atoms with E-state index in [0.29, 0.717) is 123 Å². The Bertz CT molecular complexity index is 4670. The summed E-state index contributed by atoms with van der Waals surface area (Å²) in [6, 6.07) is 32.2. The predicted molar refractivity (Wildman–Crippen MR) is 478 cm³/mol. The largest absolute Gasteiger partial charge is 1.00 e. The Morgan fingerprint density at radius 2 is 0.837 bits per heavy atom. The Balaban J connectivity index is -0.000000334. The van der Waals surface area contributed by atoms with Crippen LogP contribution in [0.2, 0.25) is 0 Å². The van der Waals surface area contributed by atoms with Gasteiger partial charge < -0.3 is 85.5 Å². The first-order chi connectivity index (χ1) is 58.7. The molecule has 0 aromatic heterocycles. The Kier molecular flexibility index (Phi) is 66.4. The number of fused-ring (bicyclic) bond motifs is 5. The van der Waals surface area contributed by atoms with Gasteiger partial charge in [0, 0.05) is 149 Å². The number of hydrogen-bond acceptors (Lipinski definition) is 20. The first-order valence-corrected chi connectivity index (χ1v) is 42.2. The molecule has 129 heavy (non-hydrogen) atoms. The third-order valence-corrected chi connectivity index (χ3v) is 18.0. The van der Waals surface area contributed by atoms with E-state index in [-0.39, 0.29) is 234 Å². The number of ether oxygens (including phenoxy) is 11. The van der Waals surface area contributed by atoms with Crippen LogP contribution in [0, 0.1) is 46.5 Å². The number of hydrogen-bond donors (Lipinski definition) is 4. The number of carbonyl (C=O) groups is 2. The van der Waals surface area contributed by atoms with Gasteiger partial charge in [-0.05, 0) is 207 Å². The summed E-state index contributed by atoms with van der Waals surface area (Å²) in [4.78, 5) is 22.1. The molecule has 699 valence electrons. The maximum absolute atomic E-state index is 13.3. The normalized spacial score (nSPS) is 17.2. The van der Waals surface area contributed by atoms with Crippen LogP contribution >= 0.6 is 67.8 Å². The second-order valence-corrected chi connectivity index (χ2v) is 33.7. The molecule has 8 aromatic carbocycles. The van der Waals surface area contributed by atoms with Crippen molar-refractivity contribution < 1.29 is 268 Å². The van der Waals surface area contributed by atoms with Crippen molar-refractivity contribution in [3.8, 4) is 46.0 Å². The van der Waals surface area contributed by atoms with Crippen molar-refractivity contribution in [2.24, 2.45) is 0 Å². The van der Waals surface area contributed by atoms with E-state index in [0.717, 1.165) is 56.0 Å². The van der Waals surface area contributed by atoms with E-state index in [1.807, 2.05) is 55.4 Å². The summed E-state index contributed by atoms with van der Waals surface area (Å²) in [7, 11) is 15.2. The predicted octanol–water partition coefficient (Wildman–Crippen LogP) is 11.0. The minimum Gasteiger partial charge on any atom is -1.00 e. The average molecular weight is 2020 g/mol. The fraction of sp³-hybridized carbons (Fsp3) is 0.378. The molecule has 5 unspecified atom stereocenters. The van der Waals surface area contributed by atoms with E-state index in [9.17, 15) is 45.0 Å². The molecule has 4 N–H and O–H groups in total. The number of halogens is 14. The average Bonchev–Trinajstić information content (AvgIpc) is 1.77. The van der Waals surface area contributed by atoms with Gasteiger partial charge in [-0.15, -0.1) is 23.2 Å². The number of benzene rings is 8. The van der Waals surface area contributed by atoms with Crippen LogP contribution in [0.3, 0.4) is 0 Å². The molecule has 5 aliphatic rings. The zero-order chi connectivity index (χ0) is 94.6. The molecule has 39 heteroatoms. The van der Waals surface area contributed by atoms with Gasteiger partial charge in [-0.25, -0.2) is 39.3 Å². The summed E-state index contributed by atoms with van der Waals surface area (Å²) in [6.07, 6.45) is 4.20. The van der Waals surface area contributed by atoms with E-state index in [4.69, 9.17) is 123 Å². The third kappa shape index (κ3) is 50.0. The first-order valence-electron chi connectivity index (χ1n) is 37.5. The van der Waals surface area contributed by atoms with Crippen LogP contribution in [0.1, 0.15) is 115 Å². The molecule has 0 saturated carbocycles. The monoisotopic (exact) mass is 2020 g/mol. The summed E-state index contributed by atoms with van der Waals surface area (Å²) in [5.74, 6) is 2.56. The molecule has 8 aromatic rings. The van der Waals surface area contributed by atoms with Crippen molar-refractivity contribution in [3.63, 3.8) is 0 Å². The van der Waals surface area contributed by atoms with Crippen molar-refractivity contribution >= 4 is 98.2 Å². The number of aromatic hydroxyl groups is 2. The molecule has 20 nitrogen and oxygen atoms in total. The maximum Gasteiger partial charge on any atom is 1.00 e. The number of aldehydes is 1. The quantitative estimate of drug-likeness (QED) is 0.00807. The van der Waals surface area contributed by atoms with E-state index in [2.05, 4.69) is 50.7 Å².